The third kappa shape index (κ3) is 3.93. The summed E-state index contributed by atoms with van der Waals surface area (Å²) in [6, 6.07) is 21.3. The van der Waals surface area contributed by atoms with Crippen molar-refractivity contribution in [1.82, 2.24) is 0 Å². The van der Waals surface area contributed by atoms with Gasteiger partial charge in [0.05, 0.1) is 0 Å². The van der Waals surface area contributed by atoms with Crippen LogP contribution >= 0.6 is 0 Å². The Morgan fingerprint density at radius 2 is 1.44 bits per heavy atom. The van der Waals surface area contributed by atoms with Gasteiger partial charge in [-0.15, -0.1) is 0 Å². The molecule has 0 bridgehead atoms. The number of hydrogen-bond donors (Lipinski definition) is 0. The van der Waals surface area contributed by atoms with E-state index in [0.29, 0.717) is 12.8 Å². The van der Waals surface area contributed by atoms with Gasteiger partial charge in [-0.25, -0.2) is 0 Å². The predicted molar refractivity (Wildman–Crippen MR) is 112 cm³/mol. The Morgan fingerprint density at radius 1 is 0.926 bits per heavy atom. The molecular formula is C23H30O3Si. The number of benzene rings is 2. The summed E-state index contributed by atoms with van der Waals surface area (Å²) >= 11 is 0. The molecule has 0 aliphatic heterocycles. The third-order valence-corrected chi connectivity index (χ3v) is 10.7. The second-order valence-electron chi connectivity index (χ2n) is 8.37. The van der Waals surface area contributed by atoms with Crippen LogP contribution in [-0.4, -0.2) is 33.4 Å². The van der Waals surface area contributed by atoms with Crippen LogP contribution < -0.4 is 10.4 Å². The van der Waals surface area contributed by atoms with Crippen LogP contribution in [0.25, 0.3) is 0 Å². The second kappa shape index (κ2) is 8.09. The van der Waals surface area contributed by atoms with Gasteiger partial charge < -0.3 is 9.16 Å². The van der Waals surface area contributed by atoms with Crippen LogP contribution in [0.15, 0.2) is 60.7 Å². The zero-order chi connectivity index (χ0) is 19.5. The molecule has 0 amide bonds. The summed E-state index contributed by atoms with van der Waals surface area (Å²) in [6.07, 6.45) is 1.62. The fourth-order valence-electron chi connectivity index (χ4n) is 4.23. The molecule has 0 saturated heterocycles. The molecular weight excluding hydrogens is 352 g/mol. The van der Waals surface area contributed by atoms with Crippen molar-refractivity contribution in [1.29, 1.82) is 0 Å². The highest BCUT2D eigenvalue weighted by Crippen LogP contribution is 2.39. The van der Waals surface area contributed by atoms with Crippen LogP contribution in [0.2, 0.25) is 5.04 Å². The largest absolute Gasteiger partial charge is 0.404 e. The first-order valence-electron chi connectivity index (χ1n) is 9.73. The van der Waals surface area contributed by atoms with Gasteiger partial charge in [-0.05, 0) is 21.8 Å². The van der Waals surface area contributed by atoms with Crippen molar-refractivity contribution < 1.29 is 14.0 Å². The topological polar surface area (TPSA) is 35.5 Å². The zero-order valence-corrected chi connectivity index (χ0v) is 17.8. The second-order valence-corrected chi connectivity index (χ2v) is 12.6. The highest BCUT2D eigenvalue weighted by atomic mass is 28.4. The van der Waals surface area contributed by atoms with Gasteiger partial charge in [0.2, 0.25) is 0 Å². The molecule has 0 aromatic heterocycles. The normalized spacial score (nSPS) is 21.3. The molecule has 0 radical (unpaired) electrons. The summed E-state index contributed by atoms with van der Waals surface area (Å²) in [7, 11) is -0.949. The summed E-state index contributed by atoms with van der Waals surface area (Å²) in [5, 5.41) is 2.49. The molecule has 0 unspecified atom stereocenters. The molecule has 1 aliphatic rings. The first-order valence-corrected chi connectivity index (χ1v) is 11.6. The molecule has 0 spiro atoms. The lowest BCUT2D eigenvalue weighted by Gasteiger charge is -2.46. The summed E-state index contributed by atoms with van der Waals surface area (Å²) in [4.78, 5) is 12.1. The number of Topliss-reactive ketones (excluding diaryl/α,β-unsaturated/α-hetero) is 1. The molecule has 3 nitrogen and oxygen atoms in total. The Labute approximate surface area is 163 Å². The Bertz CT molecular complexity index is 713. The zero-order valence-electron chi connectivity index (χ0n) is 16.8. The fraction of sp³-hybridized carbons (Fsp3) is 0.435. The maximum atomic E-state index is 12.1. The summed E-state index contributed by atoms with van der Waals surface area (Å²) in [5.41, 5.74) is 0. The lowest BCUT2D eigenvalue weighted by Crippen LogP contribution is -2.68. The molecule has 2 aromatic carbocycles. The summed E-state index contributed by atoms with van der Waals surface area (Å²) < 4.78 is 12.5. The number of ether oxygens (including phenoxy) is 1. The van der Waals surface area contributed by atoms with E-state index in [1.165, 1.54) is 10.4 Å². The van der Waals surface area contributed by atoms with E-state index in [0.717, 1.165) is 6.42 Å². The quantitative estimate of drug-likeness (QED) is 0.740. The van der Waals surface area contributed by atoms with Gasteiger partial charge in [-0.3, -0.25) is 4.79 Å². The number of carbonyl (C=O) groups excluding carboxylic acids is 1. The average Bonchev–Trinajstić information content (AvgIpc) is 2.67. The minimum Gasteiger partial charge on any atom is -0.404 e. The highest BCUT2D eigenvalue weighted by Gasteiger charge is 2.52. The van der Waals surface area contributed by atoms with Crippen LogP contribution in [0.3, 0.4) is 0 Å². The van der Waals surface area contributed by atoms with Crippen LogP contribution in [0, 0.1) is 0 Å². The van der Waals surface area contributed by atoms with E-state index in [9.17, 15) is 4.79 Å². The van der Waals surface area contributed by atoms with Crippen molar-refractivity contribution in [2.24, 2.45) is 0 Å². The fourth-order valence-corrected chi connectivity index (χ4v) is 8.96. The monoisotopic (exact) mass is 382 g/mol. The molecule has 1 aliphatic carbocycles. The van der Waals surface area contributed by atoms with E-state index >= 15 is 0 Å². The van der Waals surface area contributed by atoms with Gasteiger partial charge in [0, 0.05) is 26.1 Å². The van der Waals surface area contributed by atoms with E-state index in [1.54, 1.807) is 7.11 Å². The summed E-state index contributed by atoms with van der Waals surface area (Å²) in [6.45, 7) is 6.84. The number of rotatable bonds is 5. The van der Waals surface area contributed by atoms with Crippen molar-refractivity contribution in [3.63, 3.8) is 0 Å². The van der Waals surface area contributed by atoms with Crippen molar-refractivity contribution >= 4 is 24.5 Å². The van der Waals surface area contributed by atoms with Gasteiger partial charge in [0.25, 0.3) is 8.32 Å². The van der Waals surface area contributed by atoms with Crippen molar-refractivity contribution in [3.05, 3.63) is 60.7 Å². The number of carbonyl (C=O) groups is 1. The molecule has 144 valence electrons. The van der Waals surface area contributed by atoms with Gasteiger partial charge >= 0.3 is 0 Å². The van der Waals surface area contributed by atoms with Gasteiger partial charge in [0.1, 0.15) is 6.10 Å². The minimum atomic E-state index is -2.57. The van der Waals surface area contributed by atoms with Crippen molar-refractivity contribution in [2.45, 2.75) is 57.3 Å². The van der Waals surface area contributed by atoms with E-state index in [4.69, 9.17) is 9.16 Å². The molecule has 2 aromatic rings. The van der Waals surface area contributed by atoms with Crippen LogP contribution in [-0.2, 0) is 14.0 Å². The standard InChI is InChI=1S/C23H30O3Si/c1-23(2,3)27(19-11-7-5-8-12-19,20-13-9-6-10-14-20)26-18-15-16-21(24)22(17-18)25-4/h5-14,18,22H,15-17H2,1-4H3/t18-,22-/m1/s1. The lowest BCUT2D eigenvalue weighted by molar-refractivity contribution is -0.134. The van der Waals surface area contributed by atoms with E-state index < -0.39 is 8.32 Å². The Kier molecular flexibility index (Phi) is 5.99. The molecule has 1 saturated carbocycles. The molecule has 3 rings (SSSR count). The highest BCUT2D eigenvalue weighted by molar-refractivity contribution is 6.99. The predicted octanol–water partition coefficient (Wildman–Crippen LogP) is 3.70. The third-order valence-electron chi connectivity index (χ3n) is 5.59. The first-order chi connectivity index (χ1) is 12.9. The average molecular weight is 383 g/mol. The van der Waals surface area contributed by atoms with Gasteiger partial charge in [0.15, 0.2) is 5.78 Å². The number of ketones is 1. The van der Waals surface area contributed by atoms with E-state index in [1.807, 2.05) is 0 Å². The maximum absolute atomic E-state index is 12.1. The maximum Gasteiger partial charge on any atom is 0.261 e. The van der Waals surface area contributed by atoms with E-state index in [2.05, 4.69) is 81.4 Å². The van der Waals surface area contributed by atoms with Crippen molar-refractivity contribution in [2.75, 3.05) is 7.11 Å². The SMILES string of the molecule is CO[C@@H]1C[C@H](O[Si](c2ccccc2)(c2ccccc2)C(C)(C)C)CCC1=O. The van der Waals surface area contributed by atoms with Gasteiger partial charge in [-0.2, -0.15) is 0 Å². The van der Waals surface area contributed by atoms with Crippen LogP contribution in [0.1, 0.15) is 40.0 Å². The Hall–Kier alpha value is -1.75. The number of methoxy groups -OCH3 is 1. The molecule has 4 heteroatoms. The lowest BCUT2D eigenvalue weighted by atomic mass is 9.94. The Morgan fingerprint density at radius 3 is 1.89 bits per heavy atom. The first kappa shape index (κ1) is 20.0. The van der Waals surface area contributed by atoms with Crippen molar-refractivity contribution in [3.8, 4) is 0 Å². The summed E-state index contributed by atoms with van der Waals surface area (Å²) in [5.74, 6) is 0.194. The van der Waals surface area contributed by atoms with Crippen LogP contribution in [0.5, 0.6) is 0 Å². The molecule has 0 heterocycles. The van der Waals surface area contributed by atoms with Gasteiger partial charge in [-0.1, -0.05) is 81.4 Å². The molecule has 27 heavy (non-hydrogen) atoms. The van der Waals surface area contributed by atoms with E-state index in [-0.39, 0.29) is 23.0 Å². The Balaban J connectivity index is 2.08. The minimum absolute atomic E-state index is 0.0268. The van der Waals surface area contributed by atoms with Crippen LogP contribution in [0.4, 0.5) is 0 Å². The molecule has 2 atom stereocenters. The smallest absolute Gasteiger partial charge is 0.261 e. The molecule has 1 fully saturated rings. The number of hydrogen-bond acceptors (Lipinski definition) is 3. The molecule has 0 N–H and O–H groups in total.